The maximum absolute atomic E-state index is 14.2. The van der Waals surface area contributed by atoms with Crippen molar-refractivity contribution in [2.24, 2.45) is 40.4 Å². The van der Waals surface area contributed by atoms with E-state index in [0.717, 1.165) is 25.7 Å². The van der Waals surface area contributed by atoms with Crippen LogP contribution >= 0.6 is 0 Å². The van der Waals surface area contributed by atoms with Crippen LogP contribution in [0.3, 0.4) is 0 Å². The fraction of sp³-hybridized carbons (Fsp3) is 0.750. The van der Waals surface area contributed by atoms with Crippen LogP contribution in [-0.4, -0.2) is 132 Å². The van der Waals surface area contributed by atoms with Gasteiger partial charge < -0.3 is 58.3 Å². The van der Waals surface area contributed by atoms with Gasteiger partial charge in [0.05, 0.1) is 38.1 Å². The molecule has 4 N–H and O–H groups in total. The van der Waals surface area contributed by atoms with Gasteiger partial charge in [-0.1, -0.05) is 46.3 Å². The Bertz CT molecular complexity index is 1870. The van der Waals surface area contributed by atoms with Gasteiger partial charge in [-0.05, 0) is 105 Å². The van der Waals surface area contributed by atoms with Gasteiger partial charge in [0.2, 0.25) is 0 Å². The summed E-state index contributed by atoms with van der Waals surface area (Å²) >= 11 is 0. The predicted molar refractivity (Wildman–Crippen MR) is 226 cm³/mol. The second-order valence-electron chi connectivity index (χ2n) is 19.9. The Kier molecular flexibility index (Phi) is 14.7. The number of ketones is 1. The van der Waals surface area contributed by atoms with Gasteiger partial charge in [-0.15, -0.1) is 0 Å². The van der Waals surface area contributed by atoms with Crippen molar-refractivity contribution < 1.29 is 77.5 Å². The Morgan fingerprint density at radius 1 is 0.906 bits per heavy atom. The first-order valence-corrected chi connectivity index (χ1v) is 23.0. The van der Waals surface area contributed by atoms with Crippen molar-refractivity contribution in [2.75, 3.05) is 20.3 Å². The molecule has 2 saturated heterocycles. The van der Waals surface area contributed by atoms with Gasteiger partial charge in [0.15, 0.2) is 30.9 Å². The van der Waals surface area contributed by atoms with Gasteiger partial charge in [-0.3, -0.25) is 14.4 Å². The minimum atomic E-state index is -1.69. The number of rotatable bonds is 15. The van der Waals surface area contributed by atoms with E-state index < -0.39 is 84.2 Å². The van der Waals surface area contributed by atoms with Gasteiger partial charge in [-0.2, -0.15) is 0 Å². The second kappa shape index (κ2) is 19.4. The fourth-order valence-corrected chi connectivity index (χ4v) is 12.3. The zero-order chi connectivity index (χ0) is 46.3. The molecule has 0 aromatic heterocycles. The number of Topliss-reactive ketones (excluding diaryl/α,β-unsaturated/α-hetero) is 1. The third-order valence-corrected chi connectivity index (χ3v) is 16.0. The number of benzene rings is 1. The summed E-state index contributed by atoms with van der Waals surface area (Å²) in [6, 6.07) is 6.00. The topological polar surface area (TPSA) is 223 Å². The number of methoxy groups -OCH3 is 1. The average Bonchev–Trinajstić information content (AvgIpc) is 3.49. The highest BCUT2D eigenvalue weighted by atomic mass is 16.8. The van der Waals surface area contributed by atoms with Gasteiger partial charge in [0, 0.05) is 24.7 Å². The number of carbonyl (C=O) groups is 4. The number of allylic oxidation sites excluding steroid dienone is 1. The monoisotopic (exact) mass is 900 g/mol. The summed E-state index contributed by atoms with van der Waals surface area (Å²) in [7, 11) is 1.47. The SMILES string of the molecule is COc1ccc(C(=O)OC2C(OC3C(O)COC(O[C@H]4C[C@H]5[C@@H]6CC=C7C[C@@H](O)CC[C@]7(C)C6CC[C@]5(C)[C@@]4(O)[C@H](C)C(=O)CCC(C)C)C3OC(C)=O)OCC(OC=O)C2O)cc1. The average molecular weight is 901 g/mol. The summed E-state index contributed by atoms with van der Waals surface area (Å²) in [6.45, 7) is 10.8. The van der Waals surface area contributed by atoms with Crippen LogP contribution in [0.1, 0.15) is 110 Å². The van der Waals surface area contributed by atoms with E-state index in [1.165, 1.54) is 31.7 Å². The fourth-order valence-electron chi connectivity index (χ4n) is 12.3. The first-order chi connectivity index (χ1) is 30.4. The van der Waals surface area contributed by atoms with E-state index in [1.807, 2.05) is 0 Å². The van der Waals surface area contributed by atoms with Gasteiger partial charge in [0.25, 0.3) is 6.47 Å². The lowest BCUT2D eigenvalue weighted by Gasteiger charge is -2.59. The van der Waals surface area contributed by atoms with E-state index in [2.05, 4.69) is 33.8 Å². The molecule has 356 valence electrons. The summed E-state index contributed by atoms with van der Waals surface area (Å²) in [6.07, 6.45) is -5.20. The molecular weight excluding hydrogens is 833 g/mol. The standard InChI is InChI=1S/C48H68O16/c1-25(2)8-15-35(52)26(3)48(56)38(21-34-32-14-11-29-20-30(51)16-18-46(29,5)33(32)17-19-47(34,48)6)62-45-42(61-27(4)50)40(36(53)22-58-45)64-44-41(39(54)37(23-59-44)60-24-49)63-43(55)28-9-12-31(57-7)13-10-28/h9-13,24-26,30,32-34,36-42,44-45,51,53-54,56H,8,14-23H2,1-7H3/t26-,30+,32-,33?,34+,36?,37?,38+,39?,40?,41?,42?,44?,45?,46+,47+,48-/m1/s1. The third kappa shape index (κ3) is 9.02. The first-order valence-electron chi connectivity index (χ1n) is 23.0. The molecule has 17 atom stereocenters. The van der Waals surface area contributed by atoms with Crippen LogP contribution in [0.4, 0.5) is 0 Å². The Morgan fingerprint density at radius 3 is 2.28 bits per heavy atom. The third-order valence-electron chi connectivity index (χ3n) is 16.0. The number of esters is 2. The normalized spacial score (nSPS) is 41.1. The molecule has 0 bridgehead atoms. The number of fused-ring (bicyclic) bond motifs is 5. The lowest BCUT2D eigenvalue weighted by atomic mass is 9.46. The zero-order valence-corrected chi connectivity index (χ0v) is 38.1. The molecule has 16 nitrogen and oxygen atoms in total. The maximum Gasteiger partial charge on any atom is 0.338 e. The molecule has 16 heteroatoms. The molecule has 2 heterocycles. The molecule has 7 rings (SSSR count). The van der Waals surface area contributed by atoms with E-state index in [0.29, 0.717) is 37.4 Å². The van der Waals surface area contributed by atoms with Crippen LogP contribution in [-0.2, 0) is 47.5 Å². The van der Waals surface area contributed by atoms with Crippen molar-refractivity contribution >= 4 is 24.2 Å². The van der Waals surface area contributed by atoms with Crippen molar-refractivity contribution in [3.05, 3.63) is 41.5 Å². The molecule has 0 amide bonds. The lowest BCUT2D eigenvalue weighted by Crippen LogP contribution is -2.64. The highest BCUT2D eigenvalue weighted by Crippen LogP contribution is 2.69. The van der Waals surface area contributed by atoms with Crippen LogP contribution in [0.2, 0.25) is 0 Å². The van der Waals surface area contributed by atoms with Crippen LogP contribution in [0.15, 0.2) is 35.9 Å². The lowest BCUT2D eigenvalue weighted by molar-refractivity contribution is -0.345. The van der Waals surface area contributed by atoms with Crippen LogP contribution in [0.25, 0.3) is 0 Å². The molecule has 1 aromatic rings. The van der Waals surface area contributed by atoms with Crippen molar-refractivity contribution in [3.8, 4) is 5.75 Å². The summed E-state index contributed by atoms with van der Waals surface area (Å²) in [5, 5.41) is 46.9. The summed E-state index contributed by atoms with van der Waals surface area (Å²) < 4.78 is 47.0. The van der Waals surface area contributed by atoms with Crippen molar-refractivity contribution in [2.45, 2.75) is 166 Å². The van der Waals surface area contributed by atoms with E-state index in [1.54, 1.807) is 19.1 Å². The smallest absolute Gasteiger partial charge is 0.338 e. The molecule has 0 radical (unpaired) electrons. The number of aliphatic hydroxyl groups excluding tert-OH is 3. The quantitative estimate of drug-likeness (QED) is 0.0838. The molecule has 64 heavy (non-hydrogen) atoms. The highest BCUT2D eigenvalue weighted by Gasteiger charge is 2.70. The summed E-state index contributed by atoms with van der Waals surface area (Å²) in [5.41, 5.74) is -1.15. The molecule has 5 fully saturated rings. The Hall–Kier alpha value is -3.48. The van der Waals surface area contributed by atoms with Crippen LogP contribution < -0.4 is 4.74 Å². The van der Waals surface area contributed by atoms with E-state index in [9.17, 15) is 39.6 Å². The number of hydrogen-bond acceptors (Lipinski definition) is 16. The van der Waals surface area contributed by atoms with Crippen LogP contribution in [0, 0.1) is 40.4 Å². The number of carbonyl (C=O) groups excluding carboxylic acids is 4. The molecule has 2 aliphatic heterocycles. The first kappa shape index (κ1) is 48.5. The van der Waals surface area contributed by atoms with E-state index >= 15 is 0 Å². The second-order valence-corrected chi connectivity index (χ2v) is 19.9. The Labute approximate surface area is 375 Å². The maximum atomic E-state index is 14.2. The number of hydrogen-bond donors (Lipinski definition) is 4. The molecule has 4 aliphatic carbocycles. The predicted octanol–water partition coefficient (Wildman–Crippen LogP) is 4.20. The Morgan fingerprint density at radius 2 is 1.61 bits per heavy atom. The number of ether oxygens (including phenoxy) is 8. The van der Waals surface area contributed by atoms with Crippen molar-refractivity contribution in [3.63, 3.8) is 0 Å². The molecule has 6 aliphatic rings. The van der Waals surface area contributed by atoms with Crippen molar-refractivity contribution in [1.29, 1.82) is 0 Å². The van der Waals surface area contributed by atoms with Gasteiger partial charge in [-0.25, -0.2) is 4.79 Å². The van der Waals surface area contributed by atoms with Gasteiger partial charge >= 0.3 is 11.9 Å². The summed E-state index contributed by atoms with van der Waals surface area (Å²) in [4.78, 5) is 51.8. The van der Waals surface area contributed by atoms with Crippen molar-refractivity contribution in [1.82, 2.24) is 0 Å². The molecule has 1 aromatic carbocycles. The van der Waals surface area contributed by atoms with Crippen LogP contribution in [0.5, 0.6) is 5.75 Å². The van der Waals surface area contributed by atoms with Gasteiger partial charge in [0.1, 0.15) is 35.4 Å². The van der Waals surface area contributed by atoms with E-state index in [-0.39, 0.29) is 66.7 Å². The minimum Gasteiger partial charge on any atom is -0.497 e. The number of aliphatic hydroxyl groups is 4. The summed E-state index contributed by atoms with van der Waals surface area (Å²) in [5.74, 6) is -1.42. The Balaban J connectivity index is 1.19. The zero-order valence-electron chi connectivity index (χ0n) is 38.1. The minimum absolute atomic E-state index is 0.0729. The molecule has 3 saturated carbocycles. The largest absolute Gasteiger partial charge is 0.497 e. The molecular formula is C48H68O16. The highest BCUT2D eigenvalue weighted by molar-refractivity contribution is 5.89. The molecule has 9 unspecified atom stereocenters. The van der Waals surface area contributed by atoms with E-state index in [4.69, 9.17) is 37.9 Å². The molecule has 0 spiro atoms.